The van der Waals surface area contributed by atoms with E-state index in [-0.39, 0.29) is 5.56 Å². The van der Waals surface area contributed by atoms with Crippen LogP contribution in [0.1, 0.15) is 16.1 Å². The topological polar surface area (TPSA) is 68.7 Å². The Bertz CT molecular complexity index is 622. The summed E-state index contributed by atoms with van der Waals surface area (Å²) in [5.41, 5.74) is 1.34. The maximum atomic E-state index is 11.0. The molecule has 18 heavy (non-hydrogen) atoms. The van der Waals surface area contributed by atoms with E-state index in [1.165, 1.54) is 7.11 Å². The molecule has 5 heteroatoms. The predicted molar refractivity (Wildman–Crippen MR) is 66.5 cm³/mol. The molecule has 0 fully saturated rings. The summed E-state index contributed by atoms with van der Waals surface area (Å²) in [6.45, 7) is 1.67. The van der Waals surface area contributed by atoms with Gasteiger partial charge in [-0.1, -0.05) is 0 Å². The number of aromatic nitrogens is 1. The van der Waals surface area contributed by atoms with E-state index in [0.717, 1.165) is 0 Å². The zero-order valence-electron chi connectivity index (χ0n) is 10.4. The van der Waals surface area contributed by atoms with Crippen molar-refractivity contribution in [2.45, 2.75) is 6.92 Å². The number of ether oxygens (including phenoxy) is 2. The summed E-state index contributed by atoms with van der Waals surface area (Å²) in [6.07, 6.45) is 0. The molecule has 0 saturated heterocycles. The number of hydrogen-bond donors (Lipinski definition) is 1. The summed E-state index contributed by atoms with van der Waals surface area (Å²) < 4.78 is 10.4. The lowest BCUT2D eigenvalue weighted by molar-refractivity contribution is 0.0696. The summed E-state index contributed by atoms with van der Waals surface area (Å²) in [6, 6.07) is 5.03. The lowest BCUT2D eigenvalue weighted by atomic mass is 10.1. The highest BCUT2D eigenvalue weighted by molar-refractivity contribution is 5.94. The van der Waals surface area contributed by atoms with E-state index in [1.807, 2.05) is 0 Å². The molecule has 0 aliphatic carbocycles. The van der Waals surface area contributed by atoms with Gasteiger partial charge in [0.05, 0.1) is 31.0 Å². The van der Waals surface area contributed by atoms with E-state index in [2.05, 4.69) is 4.98 Å². The number of pyridine rings is 1. The van der Waals surface area contributed by atoms with Gasteiger partial charge in [-0.05, 0) is 19.1 Å². The number of fused-ring (bicyclic) bond motifs is 1. The van der Waals surface area contributed by atoms with Crippen LogP contribution in [0.5, 0.6) is 11.5 Å². The van der Waals surface area contributed by atoms with Crippen molar-refractivity contribution >= 4 is 16.9 Å². The fraction of sp³-hybridized carbons (Fsp3) is 0.231. The minimum atomic E-state index is -0.989. The van der Waals surface area contributed by atoms with Gasteiger partial charge < -0.3 is 14.6 Å². The normalized spacial score (nSPS) is 10.4. The Labute approximate surface area is 104 Å². The highest BCUT2D eigenvalue weighted by Gasteiger charge is 2.12. The number of rotatable bonds is 3. The number of carbonyl (C=O) groups is 1. The maximum absolute atomic E-state index is 11.0. The second-order valence-corrected chi connectivity index (χ2v) is 3.83. The molecule has 0 spiro atoms. The number of carboxylic acid groups (broad SMARTS) is 1. The number of aromatic carboxylic acids is 1. The van der Waals surface area contributed by atoms with Crippen LogP contribution in [0.15, 0.2) is 18.2 Å². The molecule has 1 aromatic heterocycles. The largest absolute Gasteiger partial charge is 0.493 e. The monoisotopic (exact) mass is 247 g/mol. The van der Waals surface area contributed by atoms with Crippen molar-refractivity contribution in [1.29, 1.82) is 0 Å². The molecule has 5 nitrogen and oxygen atoms in total. The first kappa shape index (κ1) is 12.2. The minimum absolute atomic E-state index is 0.190. The molecule has 2 rings (SSSR count). The molecule has 0 bridgehead atoms. The first-order valence-corrected chi connectivity index (χ1v) is 5.33. The highest BCUT2D eigenvalue weighted by Crippen LogP contribution is 2.32. The lowest BCUT2D eigenvalue weighted by Gasteiger charge is -2.10. The molecule has 1 N–H and O–H groups in total. The average molecular weight is 247 g/mol. The maximum Gasteiger partial charge on any atom is 0.337 e. The first-order valence-electron chi connectivity index (χ1n) is 5.33. The van der Waals surface area contributed by atoms with Gasteiger partial charge in [-0.15, -0.1) is 0 Å². The second-order valence-electron chi connectivity index (χ2n) is 3.83. The van der Waals surface area contributed by atoms with Crippen molar-refractivity contribution in [3.8, 4) is 11.5 Å². The standard InChI is InChI=1S/C13H13NO4/c1-7-9(13(15)16)4-8-5-11(17-2)12(18-3)6-10(8)14-7/h4-6H,1-3H3,(H,15,16). The molecule has 0 aliphatic heterocycles. The fourth-order valence-corrected chi connectivity index (χ4v) is 1.81. The Morgan fingerprint density at radius 3 is 2.33 bits per heavy atom. The molecule has 0 atom stereocenters. The minimum Gasteiger partial charge on any atom is -0.493 e. The molecule has 0 unspecified atom stereocenters. The molecule has 94 valence electrons. The Hall–Kier alpha value is -2.30. The van der Waals surface area contributed by atoms with E-state index in [4.69, 9.17) is 14.6 Å². The quantitative estimate of drug-likeness (QED) is 0.900. The Kier molecular flexibility index (Phi) is 3.06. The van der Waals surface area contributed by atoms with E-state index in [0.29, 0.717) is 28.1 Å². The van der Waals surface area contributed by atoms with Crippen molar-refractivity contribution < 1.29 is 19.4 Å². The molecular weight excluding hydrogens is 234 g/mol. The van der Waals surface area contributed by atoms with Crippen LogP contribution in [0.3, 0.4) is 0 Å². The third-order valence-electron chi connectivity index (χ3n) is 2.74. The Morgan fingerprint density at radius 2 is 1.78 bits per heavy atom. The van der Waals surface area contributed by atoms with Crippen molar-refractivity contribution in [3.05, 3.63) is 29.5 Å². The van der Waals surface area contributed by atoms with E-state index in [9.17, 15) is 4.79 Å². The second kappa shape index (κ2) is 4.52. The van der Waals surface area contributed by atoms with Crippen LogP contribution >= 0.6 is 0 Å². The molecule has 2 aromatic rings. The van der Waals surface area contributed by atoms with Crippen molar-refractivity contribution in [2.24, 2.45) is 0 Å². The van der Waals surface area contributed by atoms with Crippen LogP contribution < -0.4 is 9.47 Å². The molecular formula is C13H13NO4. The summed E-state index contributed by atoms with van der Waals surface area (Å²) >= 11 is 0. The SMILES string of the molecule is COc1cc2cc(C(=O)O)c(C)nc2cc1OC. The Balaban J connectivity index is 2.73. The van der Waals surface area contributed by atoms with Gasteiger partial charge in [-0.2, -0.15) is 0 Å². The number of aryl methyl sites for hydroxylation is 1. The summed E-state index contributed by atoms with van der Waals surface area (Å²) in [4.78, 5) is 15.3. The van der Waals surface area contributed by atoms with Crippen LogP contribution in [0.25, 0.3) is 10.9 Å². The molecule has 0 amide bonds. The number of methoxy groups -OCH3 is 2. The molecule has 0 radical (unpaired) electrons. The van der Waals surface area contributed by atoms with Gasteiger partial charge in [0.2, 0.25) is 0 Å². The van der Waals surface area contributed by atoms with E-state index >= 15 is 0 Å². The Morgan fingerprint density at radius 1 is 1.17 bits per heavy atom. The molecule has 1 heterocycles. The molecule has 0 aliphatic rings. The van der Waals surface area contributed by atoms with Crippen LogP contribution in [0.2, 0.25) is 0 Å². The van der Waals surface area contributed by atoms with Gasteiger partial charge in [-0.3, -0.25) is 4.98 Å². The number of carboxylic acids is 1. The third-order valence-corrected chi connectivity index (χ3v) is 2.74. The van der Waals surface area contributed by atoms with Gasteiger partial charge in [0.15, 0.2) is 11.5 Å². The van der Waals surface area contributed by atoms with Crippen molar-refractivity contribution in [3.63, 3.8) is 0 Å². The summed E-state index contributed by atoms with van der Waals surface area (Å²) in [7, 11) is 3.07. The van der Waals surface area contributed by atoms with E-state index < -0.39 is 5.97 Å². The summed E-state index contributed by atoms with van der Waals surface area (Å²) in [5, 5.41) is 9.76. The zero-order valence-corrected chi connectivity index (χ0v) is 10.4. The smallest absolute Gasteiger partial charge is 0.337 e. The number of nitrogens with zero attached hydrogens (tertiary/aromatic N) is 1. The van der Waals surface area contributed by atoms with Crippen LogP contribution in [0.4, 0.5) is 0 Å². The molecule has 0 saturated carbocycles. The zero-order chi connectivity index (χ0) is 13.3. The number of benzene rings is 1. The predicted octanol–water partition coefficient (Wildman–Crippen LogP) is 2.26. The highest BCUT2D eigenvalue weighted by atomic mass is 16.5. The van der Waals surface area contributed by atoms with Crippen LogP contribution in [-0.4, -0.2) is 30.3 Å². The fourth-order valence-electron chi connectivity index (χ4n) is 1.81. The van der Waals surface area contributed by atoms with Gasteiger partial charge in [0.1, 0.15) is 0 Å². The van der Waals surface area contributed by atoms with Crippen LogP contribution in [0, 0.1) is 6.92 Å². The van der Waals surface area contributed by atoms with E-state index in [1.54, 1.807) is 32.2 Å². The first-order chi connectivity index (χ1) is 8.56. The molecule has 1 aromatic carbocycles. The van der Waals surface area contributed by atoms with Crippen molar-refractivity contribution in [2.75, 3.05) is 14.2 Å². The van der Waals surface area contributed by atoms with Gasteiger partial charge in [-0.25, -0.2) is 4.79 Å². The van der Waals surface area contributed by atoms with Gasteiger partial charge >= 0.3 is 5.97 Å². The lowest BCUT2D eigenvalue weighted by Crippen LogP contribution is -2.02. The summed E-state index contributed by atoms with van der Waals surface area (Å²) in [5.74, 6) is 0.128. The number of hydrogen-bond acceptors (Lipinski definition) is 4. The van der Waals surface area contributed by atoms with Crippen LogP contribution in [-0.2, 0) is 0 Å². The van der Waals surface area contributed by atoms with Gasteiger partial charge in [0.25, 0.3) is 0 Å². The van der Waals surface area contributed by atoms with Crippen molar-refractivity contribution in [1.82, 2.24) is 4.98 Å². The third kappa shape index (κ3) is 1.95. The van der Waals surface area contributed by atoms with Gasteiger partial charge in [0, 0.05) is 11.5 Å². The average Bonchev–Trinajstić information content (AvgIpc) is 2.36.